The van der Waals surface area contributed by atoms with Crippen LogP contribution >= 0.6 is 0 Å². The van der Waals surface area contributed by atoms with E-state index in [1.807, 2.05) is 0 Å². The van der Waals surface area contributed by atoms with Gasteiger partial charge in [0, 0.05) is 31.0 Å². The Labute approximate surface area is 133 Å². The van der Waals surface area contributed by atoms with Gasteiger partial charge in [0.05, 0.1) is 11.4 Å². The van der Waals surface area contributed by atoms with Crippen molar-refractivity contribution < 1.29 is 14.3 Å². The zero-order valence-corrected chi connectivity index (χ0v) is 12.6. The summed E-state index contributed by atoms with van der Waals surface area (Å²) in [5.41, 5.74) is 0.918. The summed E-state index contributed by atoms with van der Waals surface area (Å²) in [6.07, 6.45) is 6.05. The normalized spacial score (nSPS) is 20.4. The van der Waals surface area contributed by atoms with E-state index < -0.39 is 11.8 Å². The van der Waals surface area contributed by atoms with Gasteiger partial charge in [-0.2, -0.15) is 5.10 Å². The number of nitrogens with zero attached hydrogens (tertiary/aromatic N) is 2. The van der Waals surface area contributed by atoms with Gasteiger partial charge in [0.1, 0.15) is 5.82 Å². The second-order valence-electron chi connectivity index (χ2n) is 5.69. The monoisotopic (exact) mass is 318 g/mol. The maximum atomic E-state index is 13.5. The summed E-state index contributed by atoms with van der Waals surface area (Å²) in [5, 5.41) is 19.0. The predicted molar refractivity (Wildman–Crippen MR) is 83.9 cm³/mol. The molecule has 1 saturated carbocycles. The fraction of sp³-hybridized carbons (Fsp3) is 0.375. The van der Waals surface area contributed by atoms with Crippen LogP contribution in [0, 0.1) is 11.7 Å². The van der Waals surface area contributed by atoms with Crippen LogP contribution in [0.5, 0.6) is 0 Å². The molecule has 7 heteroatoms. The number of aliphatic hydroxyl groups excluding tert-OH is 1. The van der Waals surface area contributed by atoms with Crippen LogP contribution in [0.3, 0.4) is 0 Å². The van der Waals surface area contributed by atoms with Gasteiger partial charge in [0.25, 0.3) is 0 Å². The summed E-state index contributed by atoms with van der Waals surface area (Å²) < 4.78 is 15.1. The Balaban J connectivity index is 1.74. The zero-order valence-electron chi connectivity index (χ0n) is 12.6. The number of hydrogen-bond donors (Lipinski definition) is 3. The van der Waals surface area contributed by atoms with E-state index in [1.54, 1.807) is 29.2 Å². The van der Waals surface area contributed by atoms with Crippen LogP contribution in [0.1, 0.15) is 19.3 Å². The summed E-state index contributed by atoms with van der Waals surface area (Å²) in [6.45, 7) is 0.0590. The lowest BCUT2D eigenvalue weighted by atomic mass is 10.1. The highest BCUT2D eigenvalue weighted by atomic mass is 19.1. The van der Waals surface area contributed by atoms with Crippen molar-refractivity contribution in [3.8, 4) is 5.69 Å². The van der Waals surface area contributed by atoms with E-state index in [0.717, 1.165) is 19.3 Å². The fourth-order valence-corrected chi connectivity index (χ4v) is 2.99. The number of urea groups is 1. The number of rotatable bonds is 4. The van der Waals surface area contributed by atoms with Crippen LogP contribution in [0.2, 0.25) is 0 Å². The molecule has 1 aromatic heterocycles. The van der Waals surface area contributed by atoms with Gasteiger partial charge >= 0.3 is 6.03 Å². The first-order valence-corrected chi connectivity index (χ1v) is 7.65. The van der Waals surface area contributed by atoms with Crippen LogP contribution in [0.15, 0.2) is 36.7 Å². The third kappa shape index (κ3) is 3.50. The van der Waals surface area contributed by atoms with E-state index in [1.165, 1.54) is 12.1 Å². The Morgan fingerprint density at radius 2 is 2.30 bits per heavy atom. The number of amides is 2. The minimum atomic E-state index is -0.440. The number of halogens is 1. The molecule has 6 nitrogen and oxygen atoms in total. The third-order valence-electron chi connectivity index (χ3n) is 4.17. The molecule has 0 saturated heterocycles. The van der Waals surface area contributed by atoms with Crippen LogP contribution < -0.4 is 10.6 Å². The molecule has 122 valence electrons. The van der Waals surface area contributed by atoms with Crippen molar-refractivity contribution in [2.24, 2.45) is 5.92 Å². The molecule has 23 heavy (non-hydrogen) atoms. The molecule has 0 aliphatic heterocycles. The second kappa shape index (κ2) is 6.78. The van der Waals surface area contributed by atoms with Crippen molar-refractivity contribution in [1.82, 2.24) is 15.1 Å². The number of anilines is 1. The number of nitrogens with one attached hydrogen (secondary N) is 2. The van der Waals surface area contributed by atoms with E-state index in [2.05, 4.69) is 15.7 Å². The van der Waals surface area contributed by atoms with Gasteiger partial charge in [0.2, 0.25) is 0 Å². The highest BCUT2D eigenvalue weighted by Gasteiger charge is 2.28. The Morgan fingerprint density at radius 3 is 3.04 bits per heavy atom. The molecule has 2 aromatic rings. The maximum absolute atomic E-state index is 13.5. The molecule has 2 atom stereocenters. The quantitative estimate of drug-likeness (QED) is 0.809. The average molecular weight is 318 g/mol. The molecule has 0 bridgehead atoms. The molecule has 1 aromatic carbocycles. The van der Waals surface area contributed by atoms with Gasteiger partial charge < -0.3 is 15.7 Å². The number of hydrogen-bond acceptors (Lipinski definition) is 3. The van der Waals surface area contributed by atoms with Crippen molar-refractivity contribution in [3.63, 3.8) is 0 Å². The lowest BCUT2D eigenvalue weighted by Gasteiger charge is -2.20. The van der Waals surface area contributed by atoms with Crippen LogP contribution in [0.4, 0.5) is 14.9 Å². The molecular weight excluding hydrogens is 299 g/mol. The Morgan fingerprint density at radius 1 is 1.43 bits per heavy atom. The van der Waals surface area contributed by atoms with Crippen molar-refractivity contribution in [1.29, 1.82) is 0 Å². The molecule has 1 fully saturated rings. The van der Waals surface area contributed by atoms with Gasteiger partial charge in [0.15, 0.2) is 0 Å². The number of carbonyl (C=O) groups is 1. The molecule has 0 spiro atoms. The van der Waals surface area contributed by atoms with Crippen molar-refractivity contribution in [2.75, 3.05) is 11.9 Å². The van der Waals surface area contributed by atoms with Gasteiger partial charge in [-0.25, -0.2) is 13.9 Å². The van der Waals surface area contributed by atoms with E-state index in [9.17, 15) is 14.3 Å². The summed E-state index contributed by atoms with van der Waals surface area (Å²) >= 11 is 0. The lowest BCUT2D eigenvalue weighted by Crippen LogP contribution is -2.41. The Bertz CT molecular complexity index is 675. The van der Waals surface area contributed by atoms with Gasteiger partial charge in [-0.15, -0.1) is 0 Å². The highest BCUT2D eigenvalue weighted by molar-refractivity contribution is 5.91. The van der Waals surface area contributed by atoms with Crippen LogP contribution in [0.25, 0.3) is 5.69 Å². The van der Waals surface area contributed by atoms with Crippen molar-refractivity contribution in [3.05, 3.63) is 42.5 Å². The first-order valence-electron chi connectivity index (χ1n) is 7.65. The van der Waals surface area contributed by atoms with E-state index in [-0.39, 0.29) is 18.6 Å². The molecule has 1 aliphatic rings. The Kier molecular flexibility index (Phi) is 4.57. The standard InChI is InChI=1S/C16H19FN4O2/c17-12-5-6-15(21-8-2-7-18-21)14(9-12)20-16(23)19-13-4-1-3-11(13)10-22/h2,5-9,11,13,22H,1,3-4,10H2,(H2,19,20,23)/t11-,13+/m1/s1. The summed E-state index contributed by atoms with van der Waals surface area (Å²) in [7, 11) is 0. The van der Waals surface area contributed by atoms with Gasteiger partial charge in [-0.1, -0.05) is 6.42 Å². The Hall–Kier alpha value is -2.41. The molecule has 3 N–H and O–H groups in total. The van der Waals surface area contributed by atoms with Gasteiger partial charge in [-0.05, 0) is 37.1 Å². The zero-order chi connectivity index (χ0) is 16.2. The van der Waals surface area contributed by atoms with E-state index in [4.69, 9.17) is 0 Å². The number of benzene rings is 1. The molecular formula is C16H19FN4O2. The largest absolute Gasteiger partial charge is 0.396 e. The molecule has 0 radical (unpaired) electrons. The minimum absolute atomic E-state index is 0.0540. The fourth-order valence-electron chi connectivity index (χ4n) is 2.99. The highest BCUT2D eigenvalue weighted by Crippen LogP contribution is 2.25. The smallest absolute Gasteiger partial charge is 0.319 e. The first-order chi connectivity index (χ1) is 11.2. The SMILES string of the molecule is O=C(Nc1cc(F)ccc1-n1cccn1)N[C@H]1CCC[C@@H]1CO. The molecule has 0 unspecified atom stereocenters. The number of carbonyl (C=O) groups excluding carboxylic acids is 1. The minimum Gasteiger partial charge on any atom is -0.396 e. The van der Waals surface area contributed by atoms with E-state index >= 15 is 0 Å². The summed E-state index contributed by atoms with van der Waals surface area (Å²) in [6, 6.07) is 5.42. The molecule has 1 aliphatic carbocycles. The summed E-state index contributed by atoms with van der Waals surface area (Å²) in [4.78, 5) is 12.2. The summed E-state index contributed by atoms with van der Waals surface area (Å²) in [5.74, 6) is -0.357. The first kappa shape index (κ1) is 15.5. The van der Waals surface area contributed by atoms with Gasteiger partial charge in [-0.3, -0.25) is 0 Å². The van der Waals surface area contributed by atoms with E-state index in [0.29, 0.717) is 11.4 Å². The average Bonchev–Trinajstić information content (AvgIpc) is 3.18. The number of aromatic nitrogens is 2. The third-order valence-corrected chi connectivity index (χ3v) is 4.17. The molecule has 2 amide bonds. The predicted octanol–water partition coefficient (Wildman–Crippen LogP) is 2.29. The maximum Gasteiger partial charge on any atom is 0.319 e. The van der Waals surface area contributed by atoms with Crippen molar-refractivity contribution >= 4 is 11.7 Å². The van der Waals surface area contributed by atoms with Crippen LogP contribution in [-0.4, -0.2) is 33.6 Å². The molecule has 1 heterocycles. The number of aliphatic hydroxyl groups is 1. The topological polar surface area (TPSA) is 79.2 Å². The van der Waals surface area contributed by atoms with Crippen molar-refractivity contribution in [2.45, 2.75) is 25.3 Å². The molecule has 3 rings (SSSR count). The van der Waals surface area contributed by atoms with Crippen LogP contribution in [-0.2, 0) is 0 Å². The second-order valence-corrected chi connectivity index (χ2v) is 5.69. The lowest BCUT2D eigenvalue weighted by molar-refractivity contribution is 0.203.